The fourth-order valence-corrected chi connectivity index (χ4v) is 1.83. The van der Waals surface area contributed by atoms with Gasteiger partial charge < -0.3 is 4.74 Å². The molecule has 0 aliphatic rings. The molecule has 0 saturated carbocycles. The maximum absolute atomic E-state index is 5.71. The van der Waals surface area contributed by atoms with E-state index in [1.807, 2.05) is 55.5 Å². The third-order valence-corrected chi connectivity index (χ3v) is 2.96. The molecular weight excluding hydrogens is 218 g/mol. The number of rotatable bonds is 3. The molecule has 2 aromatic carbocycles. The Kier molecular flexibility index (Phi) is 3.49. The lowest BCUT2D eigenvalue weighted by atomic mass is 10.2. The van der Waals surface area contributed by atoms with Crippen molar-refractivity contribution in [2.75, 3.05) is 0 Å². The third kappa shape index (κ3) is 2.56. The second kappa shape index (κ2) is 5.05. The largest absolute Gasteiger partial charge is 0.457 e. The van der Waals surface area contributed by atoms with E-state index in [4.69, 9.17) is 9.88 Å². The maximum Gasteiger partial charge on any atom is 0.127 e. The predicted molar refractivity (Wildman–Crippen MR) is 67.7 cm³/mol. The van der Waals surface area contributed by atoms with Gasteiger partial charge in [-0.2, -0.15) is 0 Å². The molecule has 0 aliphatic carbocycles. The van der Waals surface area contributed by atoms with Crippen LogP contribution in [0.4, 0.5) is 0 Å². The Morgan fingerprint density at radius 2 is 1.75 bits per heavy atom. The van der Waals surface area contributed by atoms with Crippen LogP contribution >= 0.6 is 11.9 Å². The molecule has 0 saturated heterocycles. The molecule has 0 aliphatic heterocycles. The first-order valence-electron chi connectivity index (χ1n) is 5.00. The molecule has 2 aromatic rings. The highest BCUT2D eigenvalue weighted by Gasteiger charge is 2.01. The van der Waals surface area contributed by atoms with Crippen molar-refractivity contribution in [2.45, 2.75) is 11.8 Å². The van der Waals surface area contributed by atoms with Gasteiger partial charge in [0.25, 0.3) is 0 Å². The number of ether oxygens (including phenoxy) is 1. The predicted octanol–water partition coefficient (Wildman–Crippen LogP) is 3.75. The van der Waals surface area contributed by atoms with Crippen molar-refractivity contribution < 1.29 is 4.74 Å². The first kappa shape index (κ1) is 11.0. The van der Waals surface area contributed by atoms with Gasteiger partial charge in [-0.15, -0.1) is 0 Å². The van der Waals surface area contributed by atoms with Gasteiger partial charge in [0.1, 0.15) is 11.5 Å². The smallest absolute Gasteiger partial charge is 0.127 e. The van der Waals surface area contributed by atoms with Crippen molar-refractivity contribution in [1.82, 2.24) is 0 Å². The molecule has 16 heavy (non-hydrogen) atoms. The molecule has 0 unspecified atom stereocenters. The molecule has 0 atom stereocenters. The zero-order chi connectivity index (χ0) is 11.4. The van der Waals surface area contributed by atoms with E-state index in [-0.39, 0.29) is 0 Å². The lowest BCUT2D eigenvalue weighted by molar-refractivity contribution is 0.482. The Labute approximate surface area is 99.6 Å². The summed E-state index contributed by atoms with van der Waals surface area (Å²) in [4.78, 5) is 1.07. The molecule has 0 radical (unpaired) electrons. The minimum atomic E-state index is 0.835. The van der Waals surface area contributed by atoms with Crippen molar-refractivity contribution in [2.24, 2.45) is 5.14 Å². The molecule has 82 valence electrons. The van der Waals surface area contributed by atoms with Crippen LogP contribution in [0, 0.1) is 6.92 Å². The monoisotopic (exact) mass is 231 g/mol. The third-order valence-electron chi connectivity index (χ3n) is 2.25. The minimum Gasteiger partial charge on any atom is -0.457 e. The fraction of sp³-hybridized carbons (Fsp3) is 0.0769. The molecule has 2 nitrogen and oxygen atoms in total. The van der Waals surface area contributed by atoms with Crippen LogP contribution in [-0.2, 0) is 0 Å². The number of benzene rings is 2. The molecule has 2 rings (SSSR count). The van der Waals surface area contributed by atoms with Crippen molar-refractivity contribution >= 4 is 11.9 Å². The molecule has 0 aromatic heterocycles. The lowest BCUT2D eigenvalue weighted by Crippen LogP contribution is -1.88. The molecule has 0 fully saturated rings. The van der Waals surface area contributed by atoms with Crippen LogP contribution in [0.25, 0.3) is 0 Å². The highest BCUT2D eigenvalue weighted by molar-refractivity contribution is 7.97. The van der Waals surface area contributed by atoms with Crippen molar-refractivity contribution in [1.29, 1.82) is 0 Å². The average Bonchev–Trinajstić information content (AvgIpc) is 2.31. The summed E-state index contributed by atoms with van der Waals surface area (Å²) in [6.07, 6.45) is 0. The molecule has 0 spiro atoms. The Bertz CT molecular complexity index is 471. The van der Waals surface area contributed by atoms with E-state index in [0.29, 0.717) is 0 Å². The summed E-state index contributed by atoms with van der Waals surface area (Å²) in [7, 11) is 0. The lowest BCUT2D eigenvalue weighted by Gasteiger charge is -2.08. The van der Waals surface area contributed by atoms with Gasteiger partial charge in [0.2, 0.25) is 0 Å². The Morgan fingerprint density at radius 1 is 1.00 bits per heavy atom. The first-order valence-corrected chi connectivity index (χ1v) is 5.88. The molecule has 0 bridgehead atoms. The molecule has 0 heterocycles. The SMILES string of the molecule is Cc1cc(Oc2ccccc2)ccc1SN. The highest BCUT2D eigenvalue weighted by Crippen LogP contribution is 2.26. The summed E-state index contributed by atoms with van der Waals surface area (Å²) < 4.78 is 5.71. The quantitative estimate of drug-likeness (QED) is 0.817. The van der Waals surface area contributed by atoms with Crippen molar-refractivity contribution in [3.05, 3.63) is 54.1 Å². The van der Waals surface area contributed by atoms with Crippen molar-refractivity contribution in [3.63, 3.8) is 0 Å². The van der Waals surface area contributed by atoms with Crippen LogP contribution in [0.3, 0.4) is 0 Å². The number of hydrogen-bond donors (Lipinski definition) is 1. The fourth-order valence-electron chi connectivity index (χ4n) is 1.44. The zero-order valence-corrected chi connectivity index (χ0v) is 9.83. The van der Waals surface area contributed by atoms with Crippen LogP contribution in [0.15, 0.2) is 53.4 Å². The minimum absolute atomic E-state index is 0.835. The van der Waals surface area contributed by atoms with Gasteiger partial charge >= 0.3 is 0 Å². The van der Waals surface area contributed by atoms with Crippen LogP contribution in [0.5, 0.6) is 11.5 Å². The van der Waals surface area contributed by atoms with Gasteiger partial charge in [0.05, 0.1) is 0 Å². The number of para-hydroxylation sites is 1. The zero-order valence-electron chi connectivity index (χ0n) is 9.01. The summed E-state index contributed by atoms with van der Waals surface area (Å²) in [5, 5.41) is 5.53. The number of nitrogens with two attached hydrogens (primary N) is 1. The van der Waals surface area contributed by atoms with E-state index >= 15 is 0 Å². The second-order valence-corrected chi connectivity index (χ2v) is 4.14. The number of hydrogen-bond acceptors (Lipinski definition) is 3. The van der Waals surface area contributed by atoms with E-state index < -0.39 is 0 Å². The molecular formula is C13H13NOS. The van der Waals surface area contributed by atoms with Crippen LogP contribution in [0.2, 0.25) is 0 Å². The maximum atomic E-state index is 5.71. The van der Waals surface area contributed by atoms with E-state index in [2.05, 4.69) is 0 Å². The van der Waals surface area contributed by atoms with Crippen molar-refractivity contribution in [3.8, 4) is 11.5 Å². The number of aryl methyl sites for hydroxylation is 1. The second-order valence-electron chi connectivity index (χ2n) is 3.46. The molecule has 3 heteroatoms. The average molecular weight is 231 g/mol. The van der Waals surface area contributed by atoms with Gasteiger partial charge in [-0.25, -0.2) is 0 Å². The summed E-state index contributed by atoms with van der Waals surface area (Å²) in [5.74, 6) is 1.68. The van der Waals surface area contributed by atoms with Crippen LogP contribution < -0.4 is 9.88 Å². The van der Waals surface area contributed by atoms with Gasteiger partial charge in [-0.05, 0) is 54.8 Å². The van der Waals surface area contributed by atoms with Gasteiger partial charge in [-0.1, -0.05) is 18.2 Å². The Balaban J connectivity index is 2.20. The van der Waals surface area contributed by atoms with Crippen LogP contribution in [-0.4, -0.2) is 0 Å². The summed E-state index contributed by atoms with van der Waals surface area (Å²) >= 11 is 1.25. The first-order chi connectivity index (χ1) is 7.79. The van der Waals surface area contributed by atoms with Gasteiger partial charge in [-0.3, -0.25) is 5.14 Å². The topological polar surface area (TPSA) is 35.2 Å². The van der Waals surface area contributed by atoms with Gasteiger partial charge in [0.15, 0.2) is 0 Å². The van der Waals surface area contributed by atoms with E-state index in [9.17, 15) is 0 Å². The summed E-state index contributed by atoms with van der Waals surface area (Å²) in [5.41, 5.74) is 1.13. The summed E-state index contributed by atoms with van der Waals surface area (Å²) in [6, 6.07) is 15.6. The highest BCUT2D eigenvalue weighted by atomic mass is 32.2. The van der Waals surface area contributed by atoms with E-state index in [0.717, 1.165) is 22.0 Å². The summed E-state index contributed by atoms with van der Waals surface area (Å²) in [6.45, 7) is 2.02. The van der Waals surface area contributed by atoms with E-state index in [1.165, 1.54) is 11.9 Å². The van der Waals surface area contributed by atoms with E-state index in [1.54, 1.807) is 0 Å². The normalized spacial score (nSPS) is 10.1. The van der Waals surface area contributed by atoms with Crippen LogP contribution in [0.1, 0.15) is 5.56 Å². The van der Waals surface area contributed by atoms with Gasteiger partial charge in [0, 0.05) is 4.90 Å². The molecule has 2 N–H and O–H groups in total. The molecule has 0 amide bonds. The standard InChI is InChI=1S/C13H13NOS/c1-10-9-12(7-8-13(10)16-14)15-11-5-3-2-4-6-11/h2-9H,14H2,1H3. The Morgan fingerprint density at radius 3 is 2.38 bits per heavy atom. The Hall–Kier alpha value is -1.45.